The lowest BCUT2D eigenvalue weighted by molar-refractivity contribution is -0.141. The van der Waals surface area contributed by atoms with Gasteiger partial charge in [0.25, 0.3) is 0 Å². The molecular formula is C12H14ClN3O2S. The predicted molar refractivity (Wildman–Crippen MR) is 76.9 cm³/mol. The van der Waals surface area contributed by atoms with Gasteiger partial charge in [0.05, 0.1) is 12.5 Å². The standard InChI is InChI=1S/C12H14ClN3O2S/c1-4-7-5-8-9(14-6(2)11(17)18-3)15-12(13)16-10(8)19-7/h5-6H,4H2,1-3H3,(H,14,15,16). The van der Waals surface area contributed by atoms with E-state index in [2.05, 4.69) is 26.9 Å². The van der Waals surface area contributed by atoms with Gasteiger partial charge >= 0.3 is 5.97 Å². The number of ether oxygens (including phenoxy) is 1. The normalized spacial score (nSPS) is 12.4. The van der Waals surface area contributed by atoms with E-state index in [1.807, 2.05) is 6.07 Å². The first-order valence-corrected chi connectivity index (χ1v) is 7.05. The fourth-order valence-corrected chi connectivity index (χ4v) is 2.86. The highest BCUT2D eigenvalue weighted by molar-refractivity contribution is 7.18. The molecule has 2 aromatic rings. The fraction of sp³-hybridized carbons (Fsp3) is 0.417. The summed E-state index contributed by atoms with van der Waals surface area (Å²) in [5.74, 6) is 0.206. The summed E-state index contributed by atoms with van der Waals surface area (Å²) in [6.45, 7) is 3.78. The number of nitrogens with zero attached hydrogens (tertiary/aromatic N) is 2. The Morgan fingerprint density at radius 1 is 1.58 bits per heavy atom. The molecule has 0 amide bonds. The largest absolute Gasteiger partial charge is 0.467 e. The molecule has 0 aromatic carbocycles. The van der Waals surface area contributed by atoms with Gasteiger partial charge in [-0.2, -0.15) is 0 Å². The summed E-state index contributed by atoms with van der Waals surface area (Å²) in [5.41, 5.74) is 0. The zero-order valence-electron chi connectivity index (χ0n) is 10.9. The van der Waals surface area contributed by atoms with Crippen molar-refractivity contribution in [2.24, 2.45) is 0 Å². The van der Waals surface area contributed by atoms with Crippen LogP contribution in [0.15, 0.2) is 6.07 Å². The molecule has 1 N–H and O–H groups in total. The minimum Gasteiger partial charge on any atom is -0.467 e. The SMILES string of the molecule is CCc1cc2c(NC(C)C(=O)OC)nc(Cl)nc2s1. The molecule has 7 heteroatoms. The van der Waals surface area contributed by atoms with Crippen molar-refractivity contribution in [3.8, 4) is 0 Å². The maximum absolute atomic E-state index is 11.4. The van der Waals surface area contributed by atoms with Crippen LogP contribution in [0.3, 0.4) is 0 Å². The molecule has 19 heavy (non-hydrogen) atoms. The zero-order chi connectivity index (χ0) is 14.0. The smallest absolute Gasteiger partial charge is 0.328 e. The van der Waals surface area contributed by atoms with E-state index in [-0.39, 0.29) is 11.3 Å². The average molecular weight is 300 g/mol. The van der Waals surface area contributed by atoms with Crippen molar-refractivity contribution in [1.29, 1.82) is 0 Å². The van der Waals surface area contributed by atoms with Crippen LogP contribution in [-0.2, 0) is 16.0 Å². The van der Waals surface area contributed by atoms with Crippen molar-refractivity contribution in [2.75, 3.05) is 12.4 Å². The van der Waals surface area contributed by atoms with Crippen molar-refractivity contribution in [3.63, 3.8) is 0 Å². The number of esters is 1. The van der Waals surface area contributed by atoms with Gasteiger partial charge in [0, 0.05) is 4.88 Å². The molecule has 0 bridgehead atoms. The molecule has 0 saturated heterocycles. The Labute approximate surface area is 120 Å². The highest BCUT2D eigenvalue weighted by Gasteiger charge is 2.17. The van der Waals surface area contributed by atoms with E-state index in [4.69, 9.17) is 11.6 Å². The number of hydrogen-bond acceptors (Lipinski definition) is 6. The van der Waals surface area contributed by atoms with Gasteiger partial charge in [-0.1, -0.05) is 6.92 Å². The number of thiophene rings is 1. The number of rotatable bonds is 4. The third-order valence-corrected chi connectivity index (χ3v) is 4.02. The van der Waals surface area contributed by atoms with E-state index in [0.29, 0.717) is 5.82 Å². The lowest BCUT2D eigenvalue weighted by Gasteiger charge is -2.12. The fourth-order valence-electron chi connectivity index (χ4n) is 1.67. The molecule has 0 saturated carbocycles. The molecule has 0 fully saturated rings. The van der Waals surface area contributed by atoms with E-state index < -0.39 is 6.04 Å². The number of carbonyl (C=O) groups is 1. The van der Waals surface area contributed by atoms with Crippen LogP contribution in [0.5, 0.6) is 0 Å². The summed E-state index contributed by atoms with van der Waals surface area (Å²) in [6, 6.07) is 1.52. The van der Waals surface area contributed by atoms with Crippen LogP contribution < -0.4 is 5.32 Å². The molecule has 1 atom stereocenters. The lowest BCUT2D eigenvalue weighted by atomic mass is 10.3. The Balaban J connectivity index is 2.41. The van der Waals surface area contributed by atoms with Crippen molar-refractivity contribution in [1.82, 2.24) is 9.97 Å². The molecule has 0 aliphatic carbocycles. The number of anilines is 1. The van der Waals surface area contributed by atoms with Crippen LogP contribution in [-0.4, -0.2) is 29.1 Å². The topological polar surface area (TPSA) is 64.1 Å². The summed E-state index contributed by atoms with van der Waals surface area (Å²) in [4.78, 5) is 21.8. The van der Waals surface area contributed by atoms with Gasteiger partial charge in [-0.05, 0) is 31.0 Å². The summed E-state index contributed by atoms with van der Waals surface area (Å²) in [5, 5.41) is 4.05. The Kier molecular flexibility index (Phi) is 4.21. The summed E-state index contributed by atoms with van der Waals surface area (Å²) in [7, 11) is 1.35. The molecular weight excluding hydrogens is 286 g/mol. The Bertz CT molecular complexity index is 614. The Morgan fingerprint density at radius 3 is 2.95 bits per heavy atom. The number of nitrogens with one attached hydrogen (secondary N) is 1. The number of fused-ring (bicyclic) bond motifs is 1. The number of methoxy groups -OCH3 is 1. The molecule has 102 valence electrons. The molecule has 0 aliphatic rings. The Morgan fingerprint density at radius 2 is 2.32 bits per heavy atom. The van der Waals surface area contributed by atoms with Gasteiger partial charge in [-0.15, -0.1) is 11.3 Å². The lowest BCUT2D eigenvalue weighted by Crippen LogP contribution is -2.27. The van der Waals surface area contributed by atoms with Crippen molar-refractivity contribution in [3.05, 3.63) is 16.2 Å². The highest BCUT2D eigenvalue weighted by atomic mass is 35.5. The van der Waals surface area contributed by atoms with Gasteiger partial charge in [-0.3, -0.25) is 0 Å². The number of halogens is 1. The van der Waals surface area contributed by atoms with Crippen molar-refractivity contribution < 1.29 is 9.53 Å². The molecule has 0 radical (unpaired) electrons. The van der Waals surface area contributed by atoms with E-state index in [0.717, 1.165) is 16.6 Å². The highest BCUT2D eigenvalue weighted by Crippen LogP contribution is 2.30. The minimum absolute atomic E-state index is 0.163. The summed E-state index contributed by atoms with van der Waals surface area (Å²) in [6.07, 6.45) is 0.921. The molecule has 0 aliphatic heterocycles. The van der Waals surface area contributed by atoms with Crippen molar-refractivity contribution in [2.45, 2.75) is 26.3 Å². The van der Waals surface area contributed by atoms with E-state index in [9.17, 15) is 4.79 Å². The second-order valence-corrected chi connectivity index (χ2v) is 5.47. The monoisotopic (exact) mass is 299 g/mol. The molecule has 1 unspecified atom stereocenters. The van der Waals surface area contributed by atoms with E-state index in [1.165, 1.54) is 12.0 Å². The number of aryl methyl sites for hydroxylation is 1. The molecule has 5 nitrogen and oxygen atoms in total. The van der Waals surface area contributed by atoms with Gasteiger partial charge in [0.15, 0.2) is 0 Å². The van der Waals surface area contributed by atoms with E-state index in [1.54, 1.807) is 18.3 Å². The first-order chi connectivity index (χ1) is 9.05. The van der Waals surface area contributed by atoms with Gasteiger partial charge in [0.2, 0.25) is 5.28 Å². The van der Waals surface area contributed by atoms with Gasteiger partial charge in [0.1, 0.15) is 16.7 Å². The first kappa shape index (κ1) is 14.0. The number of carbonyl (C=O) groups excluding carboxylic acids is 1. The van der Waals surface area contributed by atoms with Gasteiger partial charge < -0.3 is 10.1 Å². The molecule has 2 heterocycles. The van der Waals surface area contributed by atoms with Crippen LogP contribution in [0.1, 0.15) is 18.7 Å². The average Bonchev–Trinajstić information content (AvgIpc) is 2.80. The second-order valence-electron chi connectivity index (χ2n) is 4.02. The minimum atomic E-state index is -0.496. The maximum Gasteiger partial charge on any atom is 0.328 e. The quantitative estimate of drug-likeness (QED) is 0.695. The van der Waals surface area contributed by atoms with Crippen LogP contribution in [0.25, 0.3) is 10.2 Å². The number of hydrogen-bond donors (Lipinski definition) is 1. The molecule has 0 spiro atoms. The van der Waals surface area contributed by atoms with Crippen LogP contribution in [0.2, 0.25) is 5.28 Å². The third kappa shape index (κ3) is 2.96. The summed E-state index contributed by atoms with van der Waals surface area (Å²) >= 11 is 7.48. The summed E-state index contributed by atoms with van der Waals surface area (Å²) < 4.78 is 4.68. The van der Waals surface area contributed by atoms with E-state index >= 15 is 0 Å². The predicted octanol–water partition coefficient (Wildman–Crippen LogP) is 2.88. The second kappa shape index (κ2) is 5.71. The zero-order valence-corrected chi connectivity index (χ0v) is 12.4. The molecule has 2 aromatic heterocycles. The maximum atomic E-state index is 11.4. The third-order valence-electron chi connectivity index (χ3n) is 2.67. The van der Waals surface area contributed by atoms with Crippen LogP contribution >= 0.6 is 22.9 Å². The van der Waals surface area contributed by atoms with Crippen LogP contribution in [0, 0.1) is 0 Å². The van der Waals surface area contributed by atoms with Crippen molar-refractivity contribution >= 4 is 44.9 Å². The van der Waals surface area contributed by atoms with Crippen LogP contribution in [0.4, 0.5) is 5.82 Å². The first-order valence-electron chi connectivity index (χ1n) is 5.85. The Hall–Kier alpha value is -1.40. The van der Waals surface area contributed by atoms with Gasteiger partial charge in [-0.25, -0.2) is 14.8 Å². The number of aromatic nitrogens is 2. The molecule has 2 rings (SSSR count).